The van der Waals surface area contributed by atoms with Gasteiger partial charge in [-0.2, -0.15) is 0 Å². The van der Waals surface area contributed by atoms with Crippen molar-refractivity contribution in [3.05, 3.63) is 42.6 Å². The topological polar surface area (TPSA) is 72.0 Å². The second-order valence-electron chi connectivity index (χ2n) is 9.83. The summed E-state index contributed by atoms with van der Waals surface area (Å²) in [5, 5.41) is 4.28. The number of likely N-dealkylation sites (N-methyl/N-ethyl adjacent to an activating group) is 1. The lowest BCUT2D eigenvalue weighted by molar-refractivity contribution is -0.0985. The summed E-state index contributed by atoms with van der Waals surface area (Å²) in [5.74, 6) is 0.631. The molecule has 35 heavy (non-hydrogen) atoms. The van der Waals surface area contributed by atoms with E-state index in [9.17, 15) is 0 Å². The SMILES string of the molecule is CNCCOc1ccc(-c2cc(N3CCC4(COC4)C3)c3ccc(N4CCOCC4)cc3n2)cn1. The fourth-order valence-corrected chi connectivity index (χ4v) is 5.27. The maximum atomic E-state index is 5.71. The monoisotopic (exact) mass is 475 g/mol. The van der Waals surface area contributed by atoms with Crippen LogP contribution in [0.3, 0.4) is 0 Å². The van der Waals surface area contributed by atoms with Crippen molar-refractivity contribution in [2.24, 2.45) is 5.41 Å². The van der Waals surface area contributed by atoms with E-state index in [0.717, 1.165) is 75.9 Å². The molecule has 3 aromatic rings. The van der Waals surface area contributed by atoms with Gasteiger partial charge in [0.2, 0.25) is 5.88 Å². The summed E-state index contributed by atoms with van der Waals surface area (Å²) in [4.78, 5) is 14.5. The number of nitrogens with zero attached hydrogens (tertiary/aromatic N) is 4. The van der Waals surface area contributed by atoms with Crippen molar-refractivity contribution in [2.45, 2.75) is 6.42 Å². The molecule has 3 fully saturated rings. The van der Waals surface area contributed by atoms with Crippen molar-refractivity contribution >= 4 is 22.3 Å². The third-order valence-electron chi connectivity index (χ3n) is 7.38. The highest BCUT2D eigenvalue weighted by atomic mass is 16.5. The van der Waals surface area contributed by atoms with E-state index in [1.807, 2.05) is 19.3 Å². The van der Waals surface area contributed by atoms with E-state index in [4.69, 9.17) is 19.2 Å². The fraction of sp³-hybridized carbons (Fsp3) is 0.481. The zero-order valence-corrected chi connectivity index (χ0v) is 20.3. The van der Waals surface area contributed by atoms with Gasteiger partial charge in [0, 0.05) is 72.7 Å². The first kappa shape index (κ1) is 22.5. The molecule has 3 saturated heterocycles. The summed E-state index contributed by atoms with van der Waals surface area (Å²) in [6, 6.07) is 12.9. The Labute approximate surface area is 206 Å². The first-order valence-electron chi connectivity index (χ1n) is 12.6. The highest BCUT2D eigenvalue weighted by Gasteiger charge is 2.44. The van der Waals surface area contributed by atoms with Crippen LogP contribution >= 0.6 is 0 Å². The Morgan fingerprint density at radius 3 is 2.63 bits per heavy atom. The Hall–Kier alpha value is -2.94. The van der Waals surface area contributed by atoms with E-state index in [-0.39, 0.29) is 0 Å². The van der Waals surface area contributed by atoms with Crippen LogP contribution in [0, 0.1) is 5.41 Å². The molecular weight excluding hydrogens is 442 g/mol. The summed E-state index contributed by atoms with van der Waals surface area (Å²) < 4.78 is 16.8. The van der Waals surface area contributed by atoms with E-state index < -0.39 is 0 Å². The van der Waals surface area contributed by atoms with E-state index in [1.165, 1.54) is 23.2 Å². The molecular formula is C27H33N5O3. The number of nitrogens with one attached hydrogen (secondary N) is 1. The van der Waals surface area contributed by atoms with Gasteiger partial charge >= 0.3 is 0 Å². The van der Waals surface area contributed by atoms with E-state index in [0.29, 0.717) is 17.9 Å². The molecule has 0 saturated carbocycles. The normalized spacial score (nSPS) is 19.3. The zero-order chi connectivity index (χ0) is 23.7. The van der Waals surface area contributed by atoms with Crippen LogP contribution in [0.1, 0.15) is 6.42 Å². The van der Waals surface area contributed by atoms with Gasteiger partial charge < -0.3 is 29.3 Å². The van der Waals surface area contributed by atoms with Gasteiger partial charge in [-0.15, -0.1) is 0 Å². The largest absolute Gasteiger partial charge is 0.476 e. The average molecular weight is 476 g/mol. The van der Waals surface area contributed by atoms with Crippen LogP contribution in [0.15, 0.2) is 42.6 Å². The second-order valence-corrected chi connectivity index (χ2v) is 9.83. The smallest absolute Gasteiger partial charge is 0.213 e. The van der Waals surface area contributed by atoms with Gasteiger partial charge in [-0.05, 0) is 43.8 Å². The maximum Gasteiger partial charge on any atom is 0.213 e. The molecule has 1 N–H and O–H groups in total. The van der Waals surface area contributed by atoms with Crippen molar-refractivity contribution in [3.63, 3.8) is 0 Å². The van der Waals surface area contributed by atoms with Crippen LogP contribution in [0.2, 0.25) is 0 Å². The summed E-state index contributed by atoms with van der Waals surface area (Å²) in [6.07, 6.45) is 3.04. The number of hydrogen-bond donors (Lipinski definition) is 1. The zero-order valence-electron chi connectivity index (χ0n) is 20.3. The van der Waals surface area contributed by atoms with Gasteiger partial charge in [-0.25, -0.2) is 9.97 Å². The van der Waals surface area contributed by atoms with Crippen LogP contribution < -0.4 is 19.9 Å². The highest BCUT2D eigenvalue weighted by molar-refractivity contribution is 5.96. The molecule has 8 heteroatoms. The molecule has 1 aromatic carbocycles. The lowest BCUT2D eigenvalue weighted by Gasteiger charge is -2.38. The third-order valence-corrected chi connectivity index (χ3v) is 7.38. The number of rotatable bonds is 7. The van der Waals surface area contributed by atoms with Crippen LogP contribution in [0.25, 0.3) is 22.2 Å². The van der Waals surface area contributed by atoms with Gasteiger partial charge in [-0.3, -0.25) is 0 Å². The summed E-state index contributed by atoms with van der Waals surface area (Å²) in [5.41, 5.74) is 5.71. The second kappa shape index (κ2) is 9.60. The molecule has 3 aliphatic heterocycles. The Kier molecular flexibility index (Phi) is 6.18. The van der Waals surface area contributed by atoms with Gasteiger partial charge in [0.25, 0.3) is 0 Å². The van der Waals surface area contributed by atoms with E-state index in [1.54, 1.807) is 0 Å². The number of fused-ring (bicyclic) bond motifs is 1. The fourth-order valence-electron chi connectivity index (χ4n) is 5.27. The molecule has 0 atom stereocenters. The molecule has 5 heterocycles. The molecule has 0 aliphatic carbocycles. The van der Waals surface area contributed by atoms with Crippen LogP contribution in [0.5, 0.6) is 5.88 Å². The summed E-state index contributed by atoms with van der Waals surface area (Å²) >= 11 is 0. The van der Waals surface area contributed by atoms with E-state index in [2.05, 4.69) is 50.4 Å². The van der Waals surface area contributed by atoms with Gasteiger partial charge in [0.05, 0.1) is 37.6 Å². The average Bonchev–Trinajstić information content (AvgIpc) is 3.35. The first-order valence-corrected chi connectivity index (χ1v) is 12.6. The van der Waals surface area contributed by atoms with Gasteiger partial charge in [0.1, 0.15) is 6.61 Å². The molecule has 0 unspecified atom stereocenters. The number of pyridine rings is 2. The highest BCUT2D eigenvalue weighted by Crippen LogP contribution is 2.42. The molecule has 3 aliphatic rings. The minimum atomic E-state index is 0.317. The number of ether oxygens (including phenoxy) is 3. The number of morpholine rings is 1. The van der Waals surface area contributed by atoms with Gasteiger partial charge in [0.15, 0.2) is 0 Å². The minimum Gasteiger partial charge on any atom is -0.476 e. The van der Waals surface area contributed by atoms with E-state index >= 15 is 0 Å². The number of benzene rings is 1. The van der Waals surface area contributed by atoms with Crippen molar-refractivity contribution in [1.29, 1.82) is 0 Å². The Bertz CT molecular complexity index is 1180. The number of anilines is 2. The van der Waals surface area contributed by atoms with Gasteiger partial charge in [-0.1, -0.05) is 0 Å². The molecule has 0 radical (unpaired) electrons. The molecule has 184 valence electrons. The first-order chi connectivity index (χ1) is 17.2. The number of hydrogen-bond acceptors (Lipinski definition) is 8. The summed E-state index contributed by atoms with van der Waals surface area (Å²) in [7, 11) is 1.91. The van der Waals surface area contributed by atoms with Crippen molar-refractivity contribution in [1.82, 2.24) is 15.3 Å². The molecule has 0 bridgehead atoms. The Balaban J connectivity index is 1.36. The maximum absolute atomic E-state index is 5.71. The quantitative estimate of drug-likeness (QED) is 0.523. The van der Waals surface area contributed by atoms with Crippen LogP contribution in [-0.2, 0) is 9.47 Å². The summed E-state index contributed by atoms with van der Waals surface area (Å²) in [6.45, 7) is 8.55. The van der Waals surface area contributed by atoms with Crippen molar-refractivity contribution in [3.8, 4) is 17.1 Å². The Morgan fingerprint density at radius 2 is 1.91 bits per heavy atom. The minimum absolute atomic E-state index is 0.317. The predicted molar refractivity (Wildman–Crippen MR) is 138 cm³/mol. The third kappa shape index (κ3) is 4.53. The molecule has 1 spiro atoms. The molecule has 6 rings (SSSR count). The van der Waals surface area contributed by atoms with Crippen molar-refractivity contribution < 1.29 is 14.2 Å². The van der Waals surface area contributed by atoms with Crippen LogP contribution in [0.4, 0.5) is 11.4 Å². The molecule has 0 amide bonds. The number of aromatic nitrogens is 2. The molecule has 8 nitrogen and oxygen atoms in total. The lowest BCUT2D eigenvalue weighted by Crippen LogP contribution is -2.44. The Morgan fingerprint density at radius 1 is 1.03 bits per heavy atom. The van der Waals surface area contributed by atoms with Crippen LogP contribution in [-0.4, -0.2) is 82.8 Å². The standard InChI is InChI=1S/C27H33N5O3/c1-28-7-11-35-26-5-2-20(16-29-26)23-15-25(32-8-6-27(17-32)18-34-19-27)22-4-3-21(14-24(22)30-23)31-9-12-33-13-10-31/h2-5,14-16,28H,6-13,17-19H2,1H3. The predicted octanol–water partition coefficient (Wildman–Crippen LogP) is 2.96. The lowest BCUT2D eigenvalue weighted by atomic mass is 9.85. The van der Waals surface area contributed by atoms with Crippen molar-refractivity contribution in [2.75, 3.05) is 82.6 Å². The molecule has 2 aromatic heterocycles.